The van der Waals surface area contributed by atoms with Gasteiger partial charge in [0.15, 0.2) is 0 Å². The van der Waals surface area contributed by atoms with Crippen LogP contribution < -0.4 is 10.0 Å². The summed E-state index contributed by atoms with van der Waals surface area (Å²) in [5, 5.41) is 5.13. The number of fused-ring (bicyclic) bond motifs is 3. The summed E-state index contributed by atoms with van der Waals surface area (Å²) in [5.41, 5.74) is 5.99. The van der Waals surface area contributed by atoms with Gasteiger partial charge >= 0.3 is 0 Å². The molecule has 5 aromatic rings. The van der Waals surface area contributed by atoms with Crippen LogP contribution in [0.4, 0.5) is 5.69 Å². The molecule has 6 nitrogen and oxygen atoms in total. The number of anilines is 1. The third kappa shape index (κ3) is 5.33. The molecule has 0 aliphatic carbocycles. The molecule has 0 aliphatic heterocycles. The summed E-state index contributed by atoms with van der Waals surface area (Å²) in [6.45, 7) is 8.43. The van der Waals surface area contributed by atoms with E-state index in [0.29, 0.717) is 16.8 Å². The minimum atomic E-state index is -3.97. The largest absolute Gasteiger partial charge is 0.341 e. The van der Waals surface area contributed by atoms with E-state index >= 15 is 0 Å². The predicted molar refractivity (Wildman–Crippen MR) is 159 cm³/mol. The fourth-order valence-electron chi connectivity index (χ4n) is 5.58. The number of hydrogen-bond acceptors (Lipinski definition) is 3. The maximum Gasteiger partial charge on any atom is 0.242 e. The molecular weight excluding hydrogens is 506 g/mol. The van der Waals surface area contributed by atoms with Crippen molar-refractivity contribution >= 4 is 43.4 Å². The number of nitrogens with one attached hydrogen (secondary N) is 2. The van der Waals surface area contributed by atoms with E-state index in [4.69, 9.17) is 0 Å². The van der Waals surface area contributed by atoms with Crippen LogP contribution in [0, 0.1) is 20.8 Å². The Morgan fingerprint density at radius 1 is 0.821 bits per heavy atom. The van der Waals surface area contributed by atoms with Crippen LogP contribution in [-0.2, 0) is 27.8 Å². The minimum absolute atomic E-state index is 0.216. The summed E-state index contributed by atoms with van der Waals surface area (Å²) < 4.78 is 32.2. The second-order valence-electron chi connectivity index (χ2n) is 10.1. The third-order valence-electron chi connectivity index (χ3n) is 7.13. The number of sulfonamides is 1. The zero-order chi connectivity index (χ0) is 27.7. The molecule has 1 aromatic heterocycles. The summed E-state index contributed by atoms with van der Waals surface area (Å²) in [7, 11) is -3.97. The number of aromatic nitrogens is 1. The molecule has 0 bridgehead atoms. The Morgan fingerprint density at radius 3 is 2.15 bits per heavy atom. The molecule has 0 saturated carbocycles. The molecule has 4 aromatic carbocycles. The highest BCUT2D eigenvalue weighted by Crippen LogP contribution is 2.31. The average molecular weight is 540 g/mol. The van der Waals surface area contributed by atoms with Crippen molar-refractivity contribution in [3.8, 4) is 0 Å². The van der Waals surface area contributed by atoms with E-state index in [9.17, 15) is 13.2 Å². The van der Waals surface area contributed by atoms with Crippen molar-refractivity contribution in [2.24, 2.45) is 0 Å². The predicted octanol–water partition coefficient (Wildman–Crippen LogP) is 6.27. The Bertz CT molecular complexity index is 1770. The van der Waals surface area contributed by atoms with Crippen molar-refractivity contribution in [2.75, 3.05) is 5.32 Å². The Kier molecular flexibility index (Phi) is 7.30. The standard InChI is InChI=1S/C32H33N3O3S/c1-5-35-29-14-10-9-13-26(29)27-20-25(15-16-30(27)35)33-32(36)28(19-24-11-7-6-8-12-24)34-39(37,38)31-22(3)17-21(2)18-23(31)4/h6-18,20,28,34H,5,19H2,1-4H3,(H,33,36)/t28-/m1/s1. The average Bonchev–Trinajstić information content (AvgIpc) is 3.21. The van der Waals surface area contributed by atoms with Crippen molar-refractivity contribution in [1.29, 1.82) is 0 Å². The van der Waals surface area contributed by atoms with Crippen molar-refractivity contribution in [2.45, 2.75) is 51.6 Å². The molecule has 39 heavy (non-hydrogen) atoms. The van der Waals surface area contributed by atoms with Crippen LogP contribution >= 0.6 is 0 Å². The summed E-state index contributed by atoms with van der Waals surface area (Å²) in [4.78, 5) is 13.9. The van der Waals surface area contributed by atoms with Crippen molar-refractivity contribution in [3.63, 3.8) is 0 Å². The van der Waals surface area contributed by atoms with Crippen LogP contribution in [0.2, 0.25) is 0 Å². The Morgan fingerprint density at radius 2 is 1.46 bits per heavy atom. The van der Waals surface area contributed by atoms with Gasteiger partial charge in [-0.2, -0.15) is 4.72 Å². The molecule has 0 saturated heterocycles. The first kappa shape index (κ1) is 26.7. The second kappa shape index (κ2) is 10.7. The van der Waals surface area contributed by atoms with Gasteiger partial charge in [0, 0.05) is 34.0 Å². The highest BCUT2D eigenvalue weighted by atomic mass is 32.2. The number of carbonyl (C=O) groups excluding carboxylic acids is 1. The molecule has 7 heteroatoms. The van der Waals surface area contributed by atoms with Gasteiger partial charge in [-0.25, -0.2) is 8.42 Å². The maximum atomic E-state index is 13.7. The number of benzene rings is 4. The number of para-hydroxylation sites is 1. The molecule has 200 valence electrons. The number of nitrogens with zero attached hydrogens (tertiary/aromatic N) is 1. The highest BCUT2D eigenvalue weighted by molar-refractivity contribution is 7.89. The van der Waals surface area contributed by atoms with Gasteiger partial charge in [0.1, 0.15) is 6.04 Å². The smallest absolute Gasteiger partial charge is 0.242 e. The molecule has 0 radical (unpaired) electrons. The van der Waals surface area contributed by atoms with E-state index < -0.39 is 22.0 Å². The normalized spacial score (nSPS) is 12.6. The van der Waals surface area contributed by atoms with Crippen molar-refractivity contribution < 1.29 is 13.2 Å². The molecule has 1 amide bonds. The van der Waals surface area contributed by atoms with E-state index in [0.717, 1.165) is 39.5 Å². The molecule has 0 aliphatic rings. The monoisotopic (exact) mass is 539 g/mol. The van der Waals surface area contributed by atoms with Gasteiger partial charge < -0.3 is 9.88 Å². The van der Waals surface area contributed by atoms with Crippen LogP contribution in [0.5, 0.6) is 0 Å². The molecule has 0 spiro atoms. The number of aryl methyl sites for hydroxylation is 4. The van der Waals surface area contributed by atoms with Crippen LogP contribution in [0.25, 0.3) is 21.8 Å². The van der Waals surface area contributed by atoms with Crippen LogP contribution in [0.1, 0.15) is 29.2 Å². The molecule has 1 heterocycles. The zero-order valence-electron chi connectivity index (χ0n) is 22.7. The van der Waals surface area contributed by atoms with E-state index in [2.05, 4.69) is 33.7 Å². The van der Waals surface area contributed by atoms with E-state index in [-0.39, 0.29) is 11.3 Å². The van der Waals surface area contributed by atoms with Gasteiger partial charge in [-0.1, -0.05) is 66.2 Å². The zero-order valence-corrected chi connectivity index (χ0v) is 23.5. The number of rotatable bonds is 8. The number of amides is 1. The molecule has 0 unspecified atom stereocenters. The quantitative estimate of drug-likeness (QED) is 0.244. The Labute approximate surface area is 229 Å². The first-order valence-corrected chi connectivity index (χ1v) is 14.6. The van der Waals surface area contributed by atoms with Gasteiger partial charge in [-0.3, -0.25) is 4.79 Å². The molecule has 1 atom stereocenters. The molecule has 5 rings (SSSR count). The molecule has 0 fully saturated rings. The number of carbonyl (C=O) groups is 1. The Balaban J connectivity index is 1.49. The first-order valence-electron chi connectivity index (χ1n) is 13.1. The summed E-state index contributed by atoms with van der Waals surface area (Å²) in [6, 6.07) is 26.1. The lowest BCUT2D eigenvalue weighted by molar-refractivity contribution is -0.117. The minimum Gasteiger partial charge on any atom is -0.341 e. The van der Waals surface area contributed by atoms with Crippen molar-refractivity contribution in [3.05, 3.63) is 107 Å². The second-order valence-corrected chi connectivity index (χ2v) is 11.7. The van der Waals surface area contributed by atoms with E-state index in [1.165, 1.54) is 0 Å². The Hall–Kier alpha value is -3.94. The van der Waals surface area contributed by atoms with Crippen LogP contribution in [-0.4, -0.2) is 24.9 Å². The van der Waals surface area contributed by atoms with Crippen LogP contribution in [0.3, 0.4) is 0 Å². The third-order valence-corrected chi connectivity index (χ3v) is 8.90. The topological polar surface area (TPSA) is 80.2 Å². The van der Waals surface area contributed by atoms with Crippen LogP contribution in [0.15, 0.2) is 89.8 Å². The lowest BCUT2D eigenvalue weighted by Gasteiger charge is -2.21. The summed E-state index contributed by atoms with van der Waals surface area (Å²) in [6.07, 6.45) is 0.216. The SMILES string of the molecule is CCn1c2ccccc2c2cc(NC(=O)[C@@H](Cc3ccccc3)NS(=O)(=O)c3c(C)cc(C)cc3C)ccc21. The fourth-order valence-corrected chi connectivity index (χ4v) is 7.22. The lowest BCUT2D eigenvalue weighted by Crippen LogP contribution is -2.45. The fraction of sp³-hybridized carbons (Fsp3) is 0.219. The molecule has 2 N–H and O–H groups in total. The van der Waals surface area contributed by atoms with E-state index in [1.807, 2.05) is 79.7 Å². The molecular formula is C32H33N3O3S. The maximum absolute atomic E-state index is 13.7. The van der Waals surface area contributed by atoms with E-state index in [1.54, 1.807) is 13.8 Å². The number of hydrogen-bond donors (Lipinski definition) is 2. The van der Waals surface area contributed by atoms with Gasteiger partial charge in [-0.05, 0) is 75.1 Å². The summed E-state index contributed by atoms with van der Waals surface area (Å²) >= 11 is 0. The van der Waals surface area contributed by atoms with Gasteiger partial charge in [0.25, 0.3) is 0 Å². The van der Waals surface area contributed by atoms with Crippen molar-refractivity contribution in [1.82, 2.24) is 9.29 Å². The first-order chi connectivity index (χ1) is 18.7. The highest BCUT2D eigenvalue weighted by Gasteiger charge is 2.28. The lowest BCUT2D eigenvalue weighted by atomic mass is 10.1. The van der Waals surface area contributed by atoms with Gasteiger partial charge in [0.2, 0.25) is 15.9 Å². The summed E-state index contributed by atoms with van der Waals surface area (Å²) in [5.74, 6) is -0.413. The van der Waals surface area contributed by atoms with Gasteiger partial charge in [-0.15, -0.1) is 0 Å². The van der Waals surface area contributed by atoms with Gasteiger partial charge in [0.05, 0.1) is 4.90 Å².